The number of urea groups is 1. The van der Waals surface area contributed by atoms with Gasteiger partial charge in [-0.2, -0.15) is 0 Å². The molecule has 0 saturated heterocycles. The molecule has 3 amide bonds. The number of nitrogen functional groups attached to an aromatic ring is 1. The van der Waals surface area contributed by atoms with Crippen LogP contribution in [0.2, 0.25) is 0 Å². The Labute approximate surface area is 110 Å². The number of hydrazine groups is 1. The number of pyridine rings is 1. The van der Waals surface area contributed by atoms with Crippen LogP contribution in [0.1, 0.15) is 23.0 Å². The number of aromatic nitrogens is 1. The summed E-state index contributed by atoms with van der Waals surface area (Å²) in [6.07, 6.45) is 0.693. The molecule has 8 nitrogen and oxygen atoms in total. The van der Waals surface area contributed by atoms with Crippen LogP contribution in [0.4, 0.5) is 10.6 Å². The molecule has 1 aromatic rings. The van der Waals surface area contributed by atoms with Gasteiger partial charge in [0.1, 0.15) is 5.82 Å². The molecular formula is C11H18N6O2. The van der Waals surface area contributed by atoms with Gasteiger partial charge in [-0.15, -0.1) is 0 Å². The predicted octanol–water partition coefficient (Wildman–Crippen LogP) is -0.672. The van der Waals surface area contributed by atoms with E-state index in [4.69, 9.17) is 11.6 Å². The molecule has 0 aliphatic carbocycles. The van der Waals surface area contributed by atoms with Gasteiger partial charge >= 0.3 is 6.03 Å². The molecular weight excluding hydrogens is 248 g/mol. The summed E-state index contributed by atoms with van der Waals surface area (Å²) in [6.45, 7) is 2.49. The molecule has 0 unspecified atom stereocenters. The molecule has 1 heterocycles. The van der Waals surface area contributed by atoms with E-state index >= 15 is 0 Å². The second-order valence-electron chi connectivity index (χ2n) is 3.78. The predicted molar refractivity (Wildman–Crippen MR) is 71.3 cm³/mol. The van der Waals surface area contributed by atoms with E-state index in [2.05, 4.69) is 21.0 Å². The standard InChI is InChI=1S/C11H18N6O2/c1-2-8-5-7(6-9(16-8)17-13)10(18)14-3-4-15-11(12)19/h5-6H,2-4,13H2,1H3,(H,14,18)(H,16,17)(H3,12,15,19). The van der Waals surface area contributed by atoms with Crippen molar-refractivity contribution in [3.63, 3.8) is 0 Å². The fourth-order valence-corrected chi connectivity index (χ4v) is 1.44. The molecule has 0 fully saturated rings. The maximum Gasteiger partial charge on any atom is 0.312 e. The van der Waals surface area contributed by atoms with Crippen molar-refractivity contribution in [2.24, 2.45) is 11.6 Å². The highest BCUT2D eigenvalue weighted by molar-refractivity contribution is 5.95. The molecule has 1 aromatic heterocycles. The van der Waals surface area contributed by atoms with Crippen molar-refractivity contribution in [2.45, 2.75) is 13.3 Å². The van der Waals surface area contributed by atoms with Gasteiger partial charge in [0.05, 0.1) is 0 Å². The van der Waals surface area contributed by atoms with Crippen LogP contribution in [-0.2, 0) is 6.42 Å². The van der Waals surface area contributed by atoms with Crippen LogP contribution in [0.3, 0.4) is 0 Å². The van der Waals surface area contributed by atoms with Crippen molar-refractivity contribution in [3.05, 3.63) is 23.4 Å². The molecule has 104 valence electrons. The fourth-order valence-electron chi connectivity index (χ4n) is 1.44. The summed E-state index contributed by atoms with van der Waals surface area (Å²) in [7, 11) is 0. The Kier molecular flexibility index (Phi) is 5.55. The van der Waals surface area contributed by atoms with Gasteiger partial charge in [0.25, 0.3) is 5.91 Å². The molecule has 0 aromatic carbocycles. The number of nitrogens with zero attached hydrogens (tertiary/aromatic N) is 1. The van der Waals surface area contributed by atoms with Crippen molar-refractivity contribution < 1.29 is 9.59 Å². The van der Waals surface area contributed by atoms with Gasteiger partial charge in [0.2, 0.25) is 0 Å². The number of primary amides is 1. The minimum absolute atomic E-state index is 0.264. The molecule has 0 bridgehead atoms. The summed E-state index contributed by atoms with van der Waals surface area (Å²) in [5.74, 6) is 5.46. The molecule has 0 aliphatic rings. The molecule has 1 rings (SSSR count). The largest absolute Gasteiger partial charge is 0.352 e. The summed E-state index contributed by atoms with van der Waals surface area (Å²) in [6, 6.07) is 2.62. The second kappa shape index (κ2) is 7.17. The summed E-state index contributed by atoms with van der Waals surface area (Å²) in [5.41, 5.74) is 8.53. The minimum Gasteiger partial charge on any atom is -0.352 e. The Morgan fingerprint density at radius 1 is 1.26 bits per heavy atom. The maximum absolute atomic E-state index is 11.9. The highest BCUT2D eigenvalue weighted by atomic mass is 16.2. The topological polar surface area (TPSA) is 135 Å². The van der Waals surface area contributed by atoms with Gasteiger partial charge in [-0.1, -0.05) is 6.92 Å². The second-order valence-corrected chi connectivity index (χ2v) is 3.78. The number of nitrogens with one attached hydrogen (secondary N) is 3. The molecule has 0 atom stereocenters. The van der Waals surface area contributed by atoms with E-state index in [1.165, 1.54) is 0 Å². The maximum atomic E-state index is 11.9. The molecule has 0 radical (unpaired) electrons. The molecule has 19 heavy (non-hydrogen) atoms. The van der Waals surface area contributed by atoms with Gasteiger partial charge < -0.3 is 21.8 Å². The van der Waals surface area contributed by atoms with Crippen LogP contribution in [0.25, 0.3) is 0 Å². The first-order chi connectivity index (χ1) is 9.06. The van der Waals surface area contributed by atoms with E-state index in [-0.39, 0.29) is 19.0 Å². The fraction of sp³-hybridized carbons (Fsp3) is 0.364. The average molecular weight is 266 g/mol. The van der Waals surface area contributed by atoms with Crippen molar-refractivity contribution in [1.82, 2.24) is 15.6 Å². The van der Waals surface area contributed by atoms with Crippen molar-refractivity contribution >= 4 is 17.8 Å². The number of carbonyl (C=O) groups is 2. The average Bonchev–Trinajstić information content (AvgIpc) is 2.42. The first-order valence-electron chi connectivity index (χ1n) is 5.86. The molecule has 0 saturated carbocycles. The number of carbonyl (C=O) groups excluding carboxylic acids is 2. The van der Waals surface area contributed by atoms with Gasteiger partial charge in [0.15, 0.2) is 0 Å². The molecule has 0 spiro atoms. The Morgan fingerprint density at radius 3 is 2.53 bits per heavy atom. The number of hydrogen-bond acceptors (Lipinski definition) is 5. The summed E-state index contributed by atoms with van der Waals surface area (Å²) in [4.78, 5) is 26.5. The smallest absolute Gasteiger partial charge is 0.312 e. The summed E-state index contributed by atoms with van der Waals surface area (Å²) < 4.78 is 0. The van der Waals surface area contributed by atoms with E-state index in [1.54, 1.807) is 12.1 Å². The zero-order chi connectivity index (χ0) is 14.3. The van der Waals surface area contributed by atoms with E-state index in [0.717, 1.165) is 5.69 Å². The monoisotopic (exact) mass is 266 g/mol. The molecule has 0 aliphatic heterocycles. The van der Waals surface area contributed by atoms with Crippen LogP contribution < -0.4 is 27.6 Å². The molecule has 8 heteroatoms. The van der Waals surface area contributed by atoms with E-state index in [1.807, 2.05) is 6.92 Å². The third-order valence-electron chi connectivity index (χ3n) is 2.36. The van der Waals surface area contributed by atoms with Crippen LogP contribution >= 0.6 is 0 Å². The van der Waals surface area contributed by atoms with Gasteiger partial charge in [-0.25, -0.2) is 15.6 Å². The van der Waals surface area contributed by atoms with Crippen LogP contribution in [-0.4, -0.2) is 30.0 Å². The van der Waals surface area contributed by atoms with Gasteiger partial charge in [-0.3, -0.25) is 4.79 Å². The highest BCUT2D eigenvalue weighted by Gasteiger charge is 2.08. The quantitative estimate of drug-likeness (QED) is 0.264. The molecule has 7 N–H and O–H groups in total. The van der Waals surface area contributed by atoms with E-state index < -0.39 is 6.03 Å². The number of rotatable bonds is 6. The number of anilines is 1. The van der Waals surface area contributed by atoms with E-state index in [0.29, 0.717) is 17.8 Å². The normalized spacial score (nSPS) is 9.79. The Balaban J connectivity index is 2.63. The first-order valence-corrected chi connectivity index (χ1v) is 5.86. The summed E-state index contributed by atoms with van der Waals surface area (Å²) >= 11 is 0. The van der Waals surface area contributed by atoms with Crippen LogP contribution in [0, 0.1) is 0 Å². The third-order valence-corrected chi connectivity index (χ3v) is 2.36. The van der Waals surface area contributed by atoms with Gasteiger partial charge in [0, 0.05) is 24.3 Å². The van der Waals surface area contributed by atoms with Crippen molar-refractivity contribution in [2.75, 3.05) is 18.5 Å². The number of hydrogen-bond donors (Lipinski definition) is 5. The SMILES string of the molecule is CCc1cc(C(=O)NCCNC(N)=O)cc(NN)n1. The third kappa shape index (κ3) is 4.80. The number of aryl methyl sites for hydroxylation is 1. The lowest BCUT2D eigenvalue weighted by Crippen LogP contribution is -2.37. The minimum atomic E-state index is -0.624. The zero-order valence-corrected chi connectivity index (χ0v) is 10.7. The van der Waals surface area contributed by atoms with Crippen LogP contribution in [0.5, 0.6) is 0 Å². The Morgan fingerprint density at radius 2 is 1.95 bits per heavy atom. The highest BCUT2D eigenvalue weighted by Crippen LogP contribution is 2.10. The summed E-state index contributed by atoms with van der Waals surface area (Å²) in [5, 5.41) is 5.03. The van der Waals surface area contributed by atoms with Crippen molar-refractivity contribution in [1.29, 1.82) is 0 Å². The lowest BCUT2D eigenvalue weighted by atomic mass is 10.2. The van der Waals surface area contributed by atoms with Gasteiger partial charge in [-0.05, 0) is 18.6 Å². The lowest BCUT2D eigenvalue weighted by Gasteiger charge is -2.08. The lowest BCUT2D eigenvalue weighted by molar-refractivity contribution is 0.0953. The Hall–Kier alpha value is -2.35. The van der Waals surface area contributed by atoms with Crippen LogP contribution in [0.15, 0.2) is 12.1 Å². The van der Waals surface area contributed by atoms with Crippen molar-refractivity contribution in [3.8, 4) is 0 Å². The zero-order valence-electron chi connectivity index (χ0n) is 10.7. The number of amides is 3. The Bertz CT molecular complexity index is 440. The van der Waals surface area contributed by atoms with E-state index in [9.17, 15) is 9.59 Å². The first kappa shape index (κ1) is 14.7. The number of nitrogens with two attached hydrogens (primary N) is 2.